The molecule has 1 aliphatic carbocycles. The summed E-state index contributed by atoms with van der Waals surface area (Å²) in [6.07, 6.45) is 2.84. The third kappa shape index (κ3) is 2.25. The molecule has 114 valence electrons. The molecule has 0 atom stereocenters. The van der Waals surface area contributed by atoms with Crippen molar-refractivity contribution in [3.8, 4) is 11.5 Å². The van der Waals surface area contributed by atoms with Crippen LogP contribution in [0.5, 0.6) is 11.5 Å². The van der Waals surface area contributed by atoms with Gasteiger partial charge < -0.3 is 10.2 Å². The Morgan fingerprint density at radius 1 is 1.05 bits per heavy atom. The molecule has 3 rings (SSSR count). The maximum Gasteiger partial charge on any atom is 0.167 e. The highest BCUT2D eigenvalue weighted by Crippen LogP contribution is 2.42. The van der Waals surface area contributed by atoms with Crippen molar-refractivity contribution >= 4 is 22.3 Å². The second-order valence-corrected chi connectivity index (χ2v) is 5.60. The summed E-state index contributed by atoms with van der Waals surface area (Å²) in [6.45, 7) is 2.77. The fraction of sp³-hybridized carbons (Fsp3) is 0.333. The summed E-state index contributed by atoms with van der Waals surface area (Å²) < 4.78 is 0. The minimum Gasteiger partial charge on any atom is -0.507 e. The first-order chi connectivity index (χ1) is 10.6. The van der Waals surface area contributed by atoms with Crippen LogP contribution in [-0.4, -0.2) is 28.3 Å². The van der Waals surface area contributed by atoms with E-state index in [0.717, 1.165) is 18.6 Å². The molecule has 0 saturated heterocycles. The van der Waals surface area contributed by atoms with Crippen LogP contribution in [0.15, 0.2) is 29.3 Å². The number of hydrogen-bond donors (Lipinski definition) is 2. The molecule has 0 unspecified atom stereocenters. The number of benzene rings is 2. The monoisotopic (exact) mass is 297 g/mol. The van der Waals surface area contributed by atoms with E-state index in [1.54, 1.807) is 24.3 Å². The van der Waals surface area contributed by atoms with Crippen LogP contribution < -0.4 is 0 Å². The number of phenolic OH excluding ortho intramolecular Hbond substituents is 2. The topological polar surface area (TPSA) is 69.9 Å². The molecular formula is C18H19NO3. The van der Waals surface area contributed by atoms with E-state index in [4.69, 9.17) is 0 Å². The van der Waals surface area contributed by atoms with Gasteiger partial charge in [0.25, 0.3) is 0 Å². The average Bonchev–Trinajstić information content (AvgIpc) is 2.54. The highest BCUT2D eigenvalue weighted by molar-refractivity contribution is 6.22. The Hall–Kier alpha value is -2.36. The van der Waals surface area contributed by atoms with E-state index in [0.29, 0.717) is 35.7 Å². The van der Waals surface area contributed by atoms with E-state index >= 15 is 0 Å². The number of phenols is 2. The van der Waals surface area contributed by atoms with Gasteiger partial charge in [0.05, 0.1) is 11.1 Å². The minimum absolute atomic E-state index is 0.0451. The van der Waals surface area contributed by atoms with Crippen molar-refractivity contribution in [1.29, 1.82) is 0 Å². The van der Waals surface area contributed by atoms with E-state index in [2.05, 4.69) is 11.9 Å². The van der Waals surface area contributed by atoms with Gasteiger partial charge in [-0.3, -0.25) is 9.79 Å². The number of nitrogens with zero attached hydrogens (tertiary/aromatic N) is 1. The van der Waals surface area contributed by atoms with E-state index < -0.39 is 0 Å². The first-order valence-electron chi connectivity index (χ1n) is 7.68. The molecule has 1 aliphatic rings. The van der Waals surface area contributed by atoms with Gasteiger partial charge in [-0.1, -0.05) is 37.6 Å². The summed E-state index contributed by atoms with van der Waals surface area (Å²) in [4.78, 5) is 16.8. The summed E-state index contributed by atoms with van der Waals surface area (Å²) >= 11 is 0. The summed E-state index contributed by atoms with van der Waals surface area (Å²) in [5.74, 6) is -0.133. The van der Waals surface area contributed by atoms with E-state index in [-0.39, 0.29) is 22.8 Å². The molecular weight excluding hydrogens is 278 g/mol. The first-order valence-corrected chi connectivity index (χ1v) is 7.68. The zero-order valence-electron chi connectivity index (χ0n) is 12.6. The molecule has 0 fully saturated rings. The quantitative estimate of drug-likeness (QED) is 0.668. The average molecular weight is 297 g/mol. The molecule has 4 nitrogen and oxygen atoms in total. The smallest absolute Gasteiger partial charge is 0.167 e. The minimum atomic E-state index is -0.136. The number of aliphatic imine (C=N–C) groups is 1. The number of unbranched alkanes of at least 4 members (excludes halogenated alkanes) is 1. The zero-order chi connectivity index (χ0) is 15.7. The van der Waals surface area contributed by atoms with Crippen LogP contribution >= 0.6 is 0 Å². The lowest BCUT2D eigenvalue weighted by Crippen LogP contribution is -2.19. The number of hydrogen-bond acceptors (Lipinski definition) is 4. The third-order valence-corrected chi connectivity index (χ3v) is 4.13. The second-order valence-electron chi connectivity index (χ2n) is 5.60. The number of aromatic hydroxyl groups is 2. The van der Waals surface area contributed by atoms with Gasteiger partial charge in [-0.2, -0.15) is 0 Å². The van der Waals surface area contributed by atoms with Gasteiger partial charge >= 0.3 is 0 Å². The van der Waals surface area contributed by atoms with Gasteiger partial charge in [-0.15, -0.1) is 0 Å². The number of Topliss-reactive ketones (excluding diaryl/α,β-unsaturated/α-hetero) is 1. The van der Waals surface area contributed by atoms with Crippen LogP contribution in [0.2, 0.25) is 0 Å². The Morgan fingerprint density at radius 2 is 1.68 bits per heavy atom. The molecule has 0 amide bonds. The van der Waals surface area contributed by atoms with Crippen LogP contribution in [0.4, 0.5) is 0 Å². The number of carbonyl (C=O) groups excluding carboxylic acids is 1. The summed E-state index contributed by atoms with van der Waals surface area (Å²) in [6, 6.07) is 7.03. The lowest BCUT2D eigenvalue weighted by molar-refractivity contribution is 0.0979. The van der Waals surface area contributed by atoms with Crippen molar-refractivity contribution in [2.45, 2.75) is 32.6 Å². The highest BCUT2D eigenvalue weighted by Gasteiger charge is 2.30. The molecule has 0 heterocycles. The van der Waals surface area contributed by atoms with E-state index in [9.17, 15) is 15.0 Å². The second kappa shape index (κ2) is 5.79. The lowest BCUT2D eigenvalue weighted by atomic mass is 9.85. The fourth-order valence-corrected chi connectivity index (χ4v) is 2.97. The molecule has 4 heteroatoms. The highest BCUT2D eigenvalue weighted by atomic mass is 16.3. The van der Waals surface area contributed by atoms with Crippen molar-refractivity contribution in [1.82, 2.24) is 0 Å². The normalized spacial score (nSPS) is 16.2. The van der Waals surface area contributed by atoms with Crippen molar-refractivity contribution in [3.63, 3.8) is 0 Å². The Bertz CT molecular complexity index is 777. The number of ketones is 1. The summed E-state index contributed by atoms with van der Waals surface area (Å²) in [5.41, 5.74) is 1.36. The van der Waals surface area contributed by atoms with E-state index in [1.807, 2.05) is 0 Å². The van der Waals surface area contributed by atoms with Crippen LogP contribution in [0, 0.1) is 0 Å². The van der Waals surface area contributed by atoms with Crippen molar-refractivity contribution < 1.29 is 15.0 Å². The Kier molecular flexibility index (Phi) is 3.84. The van der Waals surface area contributed by atoms with Crippen molar-refractivity contribution in [2.75, 3.05) is 6.54 Å². The SMILES string of the molecule is CCCCN=C1CCC(=O)c2c1c(O)c1ccccc1c2O. The molecule has 0 saturated carbocycles. The first kappa shape index (κ1) is 14.6. The standard InChI is InChI=1S/C18H19NO3/c1-2-3-10-19-13-8-9-14(20)16-15(13)17(21)11-6-4-5-7-12(11)18(16)22/h4-7,21-22H,2-3,8-10H2,1H3. The Morgan fingerprint density at radius 3 is 2.32 bits per heavy atom. The van der Waals surface area contributed by atoms with Crippen LogP contribution in [0.25, 0.3) is 10.8 Å². The maximum atomic E-state index is 12.3. The molecule has 0 aliphatic heterocycles. The van der Waals surface area contributed by atoms with Crippen LogP contribution in [0.1, 0.15) is 48.5 Å². The third-order valence-electron chi connectivity index (χ3n) is 4.13. The largest absolute Gasteiger partial charge is 0.507 e. The van der Waals surface area contributed by atoms with Gasteiger partial charge in [0.2, 0.25) is 0 Å². The summed E-state index contributed by atoms with van der Waals surface area (Å²) in [7, 11) is 0. The van der Waals surface area contributed by atoms with Crippen molar-refractivity contribution in [2.24, 2.45) is 4.99 Å². The molecule has 0 aromatic heterocycles. The predicted molar refractivity (Wildman–Crippen MR) is 87.2 cm³/mol. The molecule has 0 radical (unpaired) electrons. The molecule has 2 aromatic carbocycles. The van der Waals surface area contributed by atoms with Gasteiger partial charge in [-0.05, 0) is 12.8 Å². The number of carbonyl (C=O) groups is 1. The fourth-order valence-electron chi connectivity index (χ4n) is 2.97. The molecule has 22 heavy (non-hydrogen) atoms. The molecule has 2 N–H and O–H groups in total. The molecule has 2 aromatic rings. The van der Waals surface area contributed by atoms with Crippen LogP contribution in [0.3, 0.4) is 0 Å². The Balaban J connectivity index is 2.27. The summed E-state index contributed by atoms with van der Waals surface area (Å²) in [5, 5.41) is 22.2. The lowest BCUT2D eigenvalue weighted by Gasteiger charge is -2.21. The molecule has 0 spiro atoms. The van der Waals surface area contributed by atoms with E-state index in [1.165, 1.54) is 0 Å². The van der Waals surface area contributed by atoms with Crippen LogP contribution in [-0.2, 0) is 0 Å². The van der Waals surface area contributed by atoms with Gasteiger partial charge in [0.15, 0.2) is 5.78 Å². The van der Waals surface area contributed by atoms with Gasteiger partial charge in [0, 0.05) is 29.4 Å². The zero-order valence-corrected chi connectivity index (χ0v) is 12.6. The predicted octanol–water partition coefficient (Wildman–Crippen LogP) is 3.82. The van der Waals surface area contributed by atoms with Gasteiger partial charge in [-0.25, -0.2) is 0 Å². The number of fused-ring (bicyclic) bond motifs is 2. The maximum absolute atomic E-state index is 12.3. The Labute approximate surface area is 129 Å². The van der Waals surface area contributed by atoms with Crippen molar-refractivity contribution in [3.05, 3.63) is 35.4 Å². The number of rotatable bonds is 3. The molecule has 0 bridgehead atoms. The van der Waals surface area contributed by atoms with Gasteiger partial charge in [0.1, 0.15) is 11.5 Å².